The highest BCUT2D eigenvalue weighted by Gasteiger charge is 2.35. The first kappa shape index (κ1) is 25.0. The van der Waals surface area contributed by atoms with E-state index >= 15 is 0 Å². The maximum absolute atomic E-state index is 13.1. The predicted octanol–water partition coefficient (Wildman–Crippen LogP) is 3.86. The van der Waals surface area contributed by atoms with Crippen molar-refractivity contribution in [3.8, 4) is 17.2 Å². The number of carbonyl (C=O) groups is 2. The Morgan fingerprint density at radius 2 is 2.03 bits per heavy atom. The molecule has 0 unspecified atom stereocenters. The van der Waals surface area contributed by atoms with E-state index in [4.69, 9.17) is 13.9 Å². The number of carboxylic acids is 1. The second-order valence-corrected chi connectivity index (χ2v) is 7.49. The Bertz CT molecular complexity index is 1130. The van der Waals surface area contributed by atoms with Crippen LogP contribution in [0.5, 0.6) is 5.75 Å². The van der Waals surface area contributed by atoms with Gasteiger partial charge in [-0.05, 0) is 48.3 Å². The summed E-state index contributed by atoms with van der Waals surface area (Å²) in [6, 6.07) is 3.21. The smallest absolute Gasteiger partial charge is 0.436 e. The van der Waals surface area contributed by atoms with Gasteiger partial charge in [0.15, 0.2) is 11.5 Å². The summed E-state index contributed by atoms with van der Waals surface area (Å²) >= 11 is 0. The van der Waals surface area contributed by atoms with E-state index in [0.29, 0.717) is 43.4 Å². The van der Waals surface area contributed by atoms with Crippen molar-refractivity contribution in [2.45, 2.75) is 25.9 Å². The topological polar surface area (TPSA) is 111 Å². The third kappa shape index (κ3) is 5.84. The number of benzene rings is 1. The molecule has 0 saturated heterocycles. The standard InChI is InChI=1S/C23H23F3N2O6/c1-13-8-18(29)17(22(30)31)11-27-5-4-14-9-19(33-7-3-6-32-2)16(10-15(13)14)21-28-20(12-34-21)23(24,25)26/h8-12,27H,3-7H2,1-2H3,(H,30,31)/b13-8+,17-11+. The number of carbonyl (C=O) groups excluding carboxylic acids is 1. The molecule has 34 heavy (non-hydrogen) atoms. The van der Waals surface area contributed by atoms with Crippen molar-refractivity contribution < 1.29 is 41.8 Å². The number of aromatic nitrogens is 1. The van der Waals surface area contributed by atoms with Gasteiger partial charge in [0.2, 0.25) is 5.89 Å². The number of ether oxygens (including phenoxy) is 2. The first-order chi connectivity index (χ1) is 16.1. The molecule has 1 aliphatic heterocycles. The molecule has 8 nitrogen and oxygen atoms in total. The number of alkyl halides is 3. The van der Waals surface area contributed by atoms with Gasteiger partial charge < -0.3 is 24.3 Å². The largest absolute Gasteiger partial charge is 0.493 e. The van der Waals surface area contributed by atoms with E-state index in [0.717, 1.165) is 11.8 Å². The van der Waals surface area contributed by atoms with Crippen molar-refractivity contribution in [2.24, 2.45) is 0 Å². The molecule has 3 rings (SSSR count). The lowest BCUT2D eigenvalue weighted by Crippen LogP contribution is -2.19. The van der Waals surface area contributed by atoms with Crippen LogP contribution in [0.15, 0.2) is 40.7 Å². The Kier molecular flexibility index (Phi) is 7.77. The van der Waals surface area contributed by atoms with Crippen LogP contribution in [0.1, 0.15) is 30.2 Å². The molecule has 1 aliphatic rings. The van der Waals surface area contributed by atoms with Gasteiger partial charge in [0.25, 0.3) is 0 Å². The van der Waals surface area contributed by atoms with Crippen LogP contribution >= 0.6 is 0 Å². The van der Waals surface area contributed by atoms with E-state index in [1.165, 1.54) is 12.1 Å². The Balaban J connectivity index is 2.11. The predicted molar refractivity (Wildman–Crippen MR) is 115 cm³/mol. The Morgan fingerprint density at radius 3 is 2.68 bits per heavy atom. The molecule has 0 saturated carbocycles. The van der Waals surface area contributed by atoms with Crippen LogP contribution in [0.25, 0.3) is 17.0 Å². The molecule has 0 radical (unpaired) electrons. The van der Waals surface area contributed by atoms with Crippen LogP contribution in [0.3, 0.4) is 0 Å². The molecule has 2 N–H and O–H groups in total. The number of allylic oxidation sites excluding steroid dienone is 2. The van der Waals surface area contributed by atoms with E-state index in [1.807, 2.05) is 0 Å². The van der Waals surface area contributed by atoms with E-state index < -0.39 is 29.2 Å². The van der Waals surface area contributed by atoms with Gasteiger partial charge in [-0.3, -0.25) is 4.79 Å². The summed E-state index contributed by atoms with van der Waals surface area (Å²) in [6.07, 6.45) is -0.867. The average molecular weight is 480 g/mol. The van der Waals surface area contributed by atoms with Gasteiger partial charge in [0.05, 0.1) is 12.2 Å². The fraction of sp³-hybridized carbons (Fsp3) is 0.348. The highest BCUT2D eigenvalue weighted by atomic mass is 19.4. The SMILES string of the molecule is COCCCOc1cc2c(cc1-c1nc(C(F)(F)F)co1)/C(C)=C/C(=O)/C(C(=O)O)=C\NCC2. The molecule has 1 aromatic carbocycles. The van der Waals surface area contributed by atoms with Gasteiger partial charge in [0.1, 0.15) is 17.6 Å². The highest BCUT2D eigenvalue weighted by molar-refractivity contribution is 6.22. The second kappa shape index (κ2) is 10.6. The average Bonchev–Trinajstić information content (AvgIpc) is 3.26. The zero-order valence-corrected chi connectivity index (χ0v) is 18.5. The molecule has 0 spiro atoms. The number of oxazole rings is 1. The Labute approximate surface area is 193 Å². The van der Waals surface area contributed by atoms with Crippen LogP contribution in [0.4, 0.5) is 13.2 Å². The zero-order valence-electron chi connectivity index (χ0n) is 18.5. The number of fused-ring (bicyclic) bond motifs is 1. The number of nitrogens with one attached hydrogen (secondary N) is 1. The number of halogens is 3. The summed E-state index contributed by atoms with van der Waals surface area (Å²) in [7, 11) is 1.54. The summed E-state index contributed by atoms with van der Waals surface area (Å²) in [5.74, 6) is -2.12. The Morgan fingerprint density at radius 1 is 1.26 bits per heavy atom. The number of hydrogen-bond donors (Lipinski definition) is 2. The van der Waals surface area contributed by atoms with Gasteiger partial charge in [0, 0.05) is 32.9 Å². The first-order valence-electron chi connectivity index (χ1n) is 10.3. The molecule has 0 amide bonds. The molecule has 0 bridgehead atoms. The second-order valence-electron chi connectivity index (χ2n) is 7.49. The molecular weight excluding hydrogens is 457 g/mol. The molecule has 1 aromatic heterocycles. The summed E-state index contributed by atoms with van der Waals surface area (Å²) in [5, 5.41) is 12.1. The van der Waals surface area contributed by atoms with Crippen molar-refractivity contribution >= 4 is 17.3 Å². The lowest BCUT2D eigenvalue weighted by Gasteiger charge is -2.17. The third-order valence-corrected chi connectivity index (χ3v) is 5.03. The van der Waals surface area contributed by atoms with Crippen LogP contribution < -0.4 is 10.1 Å². The monoisotopic (exact) mass is 480 g/mol. The van der Waals surface area contributed by atoms with Crippen LogP contribution in [0.2, 0.25) is 0 Å². The van der Waals surface area contributed by atoms with Crippen LogP contribution in [-0.4, -0.2) is 48.7 Å². The first-order valence-corrected chi connectivity index (χ1v) is 10.3. The number of methoxy groups -OCH3 is 1. The maximum Gasteiger partial charge on any atom is 0.436 e. The molecule has 0 atom stereocenters. The van der Waals surface area contributed by atoms with Gasteiger partial charge in [-0.2, -0.15) is 13.2 Å². The number of aliphatic carboxylic acids is 1. The van der Waals surface area contributed by atoms with Crippen LogP contribution in [-0.2, 0) is 26.9 Å². The fourth-order valence-electron chi connectivity index (χ4n) is 3.37. The van der Waals surface area contributed by atoms with Gasteiger partial charge in [-0.15, -0.1) is 0 Å². The molecule has 0 fully saturated rings. The highest BCUT2D eigenvalue weighted by Crippen LogP contribution is 2.38. The quantitative estimate of drug-likeness (QED) is 0.454. The molecule has 182 valence electrons. The lowest BCUT2D eigenvalue weighted by molar-refractivity contribution is -0.141. The van der Waals surface area contributed by atoms with Crippen LogP contribution in [0, 0.1) is 0 Å². The van der Waals surface area contributed by atoms with Gasteiger partial charge >= 0.3 is 12.1 Å². The van der Waals surface area contributed by atoms with Gasteiger partial charge in [-0.25, -0.2) is 9.78 Å². The van der Waals surface area contributed by atoms with E-state index in [1.54, 1.807) is 20.1 Å². The van der Waals surface area contributed by atoms with Crippen molar-refractivity contribution in [2.75, 3.05) is 26.9 Å². The Hall–Kier alpha value is -3.60. The summed E-state index contributed by atoms with van der Waals surface area (Å²) in [4.78, 5) is 27.4. The maximum atomic E-state index is 13.1. The van der Waals surface area contributed by atoms with Crippen molar-refractivity contribution in [1.29, 1.82) is 0 Å². The summed E-state index contributed by atoms with van der Waals surface area (Å²) in [6.45, 7) is 2.60. The minimum Gasteiger partial charge on any atom is -0.493 e. The molecule has 2 aromatic rings. The minimum absolute atomic E-state index is 0.172. The number of rotatable bonds is 7. The zero-order chi connectivity index (χ0) is 24.9. The van der Waals surface area contributed by atoms with Crippen molar-refractivity contribution in [3.05, 3.63) is 53.1 Å². The minimum atomic E-state index is -4.69. The van der Waals surface area contributed by atoms with E-state index in [9.17, 15) is 27.9 Å². The third-order valence-electron chi connectivity index (χ3n) is 5.03. The number of ketones is 1. The normalized spacial score (nSPS) is 17.6. The summed E-state index contributed by atoms with van der Waals surface area (Å²) < 4.78 is 55.2. The van der Waals surface area contributed by atoms with E-state index in [2.05, 4.69) is 10.3 Å². The lowest BCUT2D eigenvalue weighted by atomic mass is 9.93. The number of hydrogen-bond acceptors (Lipinski definition) is 7. The van der Waals surface area contributed by atoms with Gasteiger partial charge in [-0.1, -0.05) is 0 Å². The van der Waals surface area contributed by atoms with Crippen molar-refractivity contribution in [1.82, 2.24) is 10.3 Å². The number of carboxylic acid groups (broad SMARTS) is 1. The molecule has 0 aliphatic carbocycles. The summed E-state index contributed by atoms with van der Waals surface area (Å²) in [5.41, 5.74) is 0.274. The molecule has 11 heteroatoms. The van der Waals surface area contributed by atoms with Crippen molar-refractivity contribution in [3.63, 3.8) is 0 Å². The van der Waals surface area contributed by atoms with E-state index in [-0.39, 0.29) is 23.8 Å². The molecular formula is C23H23F3N2O6. The fourth-order valence-corrected chi connectivity index (χ4v) is 3.37. The number of nitrogens with zero attached hydrogens (tertiary/aromatic N) is 1. The molecule has 2 heterocycles.